The van der Waals surface area contributed by atoms with Gasteiger partial charge in [0.2, 0.25) is 5.91 Å². The lowest BCUT2D eigenvalue weighted by Crippen LogP contribution is -2.42. The van der Waals surface area contributed by atoms with Crippen molar-refractivity contribution in [3.8, 4) is 0 Å². The molecule has 0 aromatic heterocycles. The summed E-state index contributed by atoms with van der Waals surface area (Å²) in [5.41, 5.74) is 5.59. The maximum absolute atomic E-state index is 11.8. The molecular weight excluding hydrogens is 188 g/mol. The van der Waals surface area contributed by atoms with Crippen molar-refractivity contribution >= 4 is 5.91 Å². The zero-order chi connectivity index (χ0) is 11.8. The Labute approximate surface area is 93.8 Å². The molecule has 0 aliphatic rings. The van der Waals surface area contributed by atoms with Crippen molar-refractivity contribution in [2.24, 2.45) is 17.6 Å². The number of carbonyl (C=O) groups is 1. The molecule has 3 heteroatoms. The summed E-state index contributed by atoms with van der Waals surface area (Å²) in [6.07, 6.45) is 3.39. The summed E-state index contributed by atoms with van der Waals surface area (Å²) in [4.78, 5) is 11.8. The third-order valence-corrected chi connectivity index (χ3v) is 2.77. The number of hydrogen-bond donors (Lipinski definition) is 2. The summed E-state index contributed by atoms with van der Waals surface area (Å²) >= 11 is 0. The Balaban J connectivity index is 3.98. The van der Waals surface area contributed by atoms with Gasteiger partial charge in [-0.2, -0.15) is 0 Å². The van der Waals surface area contributed by atoms with Crippen LogP contribution in [0.4, 0.5) is 0 Å². The highest BCUT2D eigenvalue weighted by Gasteiger charge is 2.21. The predicted molar refractivity (Wildman–Crippen MR) is 64.5 cm³/mol. The zero-order valence-corrected chi connectivity index (χ0v) is 10.5. The molecule has 0 radical (unpaired) electrons. The van der Waals surface area contributed by atoms with E-state index in [0.717, 1.165) is 12.8 Å². The molecule has 15 heavy (non-hydrogen) atoms. The number of nitrogens with one attached hydrogen (secondary N) is 1. The lowest BCUT2D eigenvalue weighted by atomic mass is 9.94. The summed E-state index contributed by atoms with van der Waals surface area (Å²) in [7, 11) is 0. The molecule has 0 rings (SSSR count). The highest BCUT2D eigenvalue weighted by molar-refractivity contribution is 5.79. The average Bonchev–Trinajstić information content (AvgIpc) is 2.15. The Bertz CT molecular complexity index is 180. The molecule has 0 aliphatic heterocycles. The van der Waals surface area contributed by atoms with E-state index < -0.39 is 0 Å². The van der Waals surface area contributed by atoms with Gasteiger partial charge in [-0.25, -0.2) is 0 Å². The third-order valence-electron chi connectivity index (χ3n) is 2.77. The first-order valence-corrected chi connectivity index (χ1v) is 6.03. The van der Waals surface area contributed by atoms with Gasteiger partial charge in [-0.05, 0) is 19.3 Å². The molecule has 3 N–H and O–H groups in total. The first-order chi connectivity index (χ1) is 7.02. The van der Waals surface area contributed by atoms with Gasteiger partial charge in [0, 0.05) is 12.6 Å². The van der Waals surface area contributed by atoms with Crippen LogP contribution < -0.4 is 11.1 Å². The van der Waals surface area contributed by atoms with Crippen LogP contribution in [0, 0.1) is 11.8 Å². The Hall–Kier alpha value is -0.570. The minimum atomic E-state index is -0.0472. The summed E-state index contributed by atoms with van der Waals surface area (Å²) in [5.74, 6) is 0.374. The zero-order valence-electron chi connectivity index (χ0n) is 10.5. The van der Waals surface area contributed by atoms with Crippen LogP contribution in [0.2, 0.25) is 0 Å². The van der Waals surface area contributed by atoms with Gasteiger partial charge in [0.15, 0.2) is 0 Å². The lowest BCUT2D eigenvalue weighted by molar-refractivity contribution is -0.126. The first-order valence-electron chi connectivity index (χ1n) is 6.03. The summed E-state index contributed by atoms with van der Waals surface area (Å²) in [6, 6.07) is 0.269. The van der Waals surface area contributed by atoms with Crippen LogP contribution in [0.3, 0.4) is 0 Å². The van der Waals surface area contributed by atoms with E-state index in [2.05, 4.69) is 19.2 Å². The van der Waals surface area contributed by atoms with E-state index in [1.165, 1.54) is 6.42 Å². The molecule has 0 aromatic carbocycles. The van der Waals surface area contributed by atoms with E-state index in [4.69, 9.17) is 5.73 Å². The second-order valence-corrected chi connectivity index (χ2v) is 4.64. The van der Waals surface area contributed by atoms with E-state index >= 15 is 0 Å². The standard InChI is InChI=1S/C12H26N2O/c1-5-6-7-10(4)14-12(15)11(8-13)9(2)3/h9-11H,5-8,13H2,1-4H3,(H,14,15). The predicted octanol–water partition coefficient (Wildman–Crippen LogP) is 1.91. The van der Waals surface area contributed by atoms with Crippen molar-refractivity contribution in [2.45, 2.75) is 53.0 Å². The molecule has 1 amide bonds. The minimum absolute atomic E-state index is 0.0472. The quantitative estimate of drug-likeness (QED) is 0.680. The van der Waals surface area contributed by atoms with Crippen molar-refractivity contribution in [1.82, 2.24) is 5.32 Å². The molecule has 3 nitrogen and oxygen atoms in total. The number of amides is 1. The molecule has 0 saturated heterocycles. The molecule has 0 heterocycles. The highest BCUT2D eigenvalue weighted by Crippen LogP contribution is 2.10. The van der Waals surface area contributed by atoms with Crippen molar-refractivity contribution in [3.63, 3.8) is 0 Å². The second kappa shape index (κ2) is 7.69. The largest absolute Gasteiger partial charge is 0.353 e. The van der Waals surface area contributed by atoms with E-state index in [1.807, 2.05) is 13.8 Å². The molecule has 0 aromatic rings. The topological polar surface area (TPSA) is 55.1 Å². The summed E-state index contributed by atoms with van der Waals surface area (Å²) < 4.78 is 0. The van der Waals surface area contributed by atoms with Crippen LogP contribution in [-0.2, 0) is 4.79 Å². The molecule has 0 saturated carbocycles. The van der Waals surface area contributed by atoms with E-state index in [0.29, 0.717) is 12.5 Å². The summed E-state index contributed by atoms with van der Waals surface area (Å²) in [5, 5.41) is 3.03. The average molecular weight is 214 g/mol. The second-order valence-electron chi connectivity index (χ2n) is 4.64. The normalized spacial score (nSPS) is 15.1. The van der Waals surface area contributed by atoms with Crippen LogP contribution in [0.1, 0.15) is 47.0 Å². The first kappa shape index (κ1) is 14.4. The molecule has 0 aliphatic carbocycles. The van der Waals surface area contributed by atoms with Gasteiger partial charge >= 0.3 is 0 Å². The number of rotatable bonds is 7. The van der Waals surface area contributed by atoms with E-state index in [-0.39, 0.29) is 17.9 Å². The van der Waals surface area contributed by atoms with Gasteiger partial charge in [0.05, 0.1) is 5.92 Å². The molecule has 90 valence electrons. The maximum Gasteiger partial charge on any atom is 0.224 e. The molecule has 0 bridgehead atoms. The molecule has 0 fully saturated rings. The SMILES string of the molecule is CCCCC(C)NC(=O)C(CN)C(C)C. The molecule has 2 unspecified atom stereocenters. The monoisotopic (exact) mass is 214 g/mol. The fraction of sp³-hybridized carbons (Fsp3) is 0.917. The number of hydrogen-bond acceptors (Lipinski definition) is 2. The van der Waals surface area contributed by atoms with Crippen LogP contribution in [0.15, 0.2) is 0 Å². The van der Waals surface area contributed by atoms with Crippen LogP contribution in [0.5, 0.6) is 0 Å². The Morgan fingerprint density at radius 1 is 1.33 bits per heavy atom. The Morgan fingerprint density at radius 3 is 2.33 bits per heavy atom. The van der Waals surface area contributed by atoms with E-state index in [1.54, 1.807) is 0 Å². The Kier molecular flexibility index (Phi) is 7.39. The van der Waals surface area contributed by atoms with Gasteiger partial charge in [0.1, 0.15) is 0 Å². The smallest absolute Gasteiger partial charge is 0.224 e. The number of carbonyl (C=O) groups excluding carboxylic acids is 1. The maximum atomic E-state index is 11.8. The van der Waals surface area contributed by atoms with Crippen molar-refractivity contribution in [3.05, 3.63) is 0 Å². The van der Waals surface area contributed by atoms with Crippen LogP contribution >= 0.6 is 0 Å². The lowest BCUT2D eigenvalue weighted by Gasteiger charge is -2.21. The van der Waals surface area contributed by atoms with Gasteiger partial charge in [-0.3, -0.25) is 4.79 Å². The van der Waals surface area contributed by atoms with Gasteiger partial charge < -0.3 is 11.1 Å². The van der Waals surface area contributed by atoms with Crippen molar-refractivity contribution in [2.75, 3.05) is 6.54 Å². The van der Waals surface area contributed by atoms with Gasteiger partial charge in [0.25, 0.3) is 0 Å². The fourth-order valence-electron chi connectivity index (χ4n) is 1.61. The minimum Gasteiger partial charge on any atom is -0.353 e. The summed E-state index contributed by atoms with van der Waals surface area (Å²) in [6.45, 7) is 8.72. The number of unbranched alkanes of at least 4 members (excludes halogenated alkanes) is 1. The Morgan fingerprint density at radius 2 is 1.93 bits per heavy atom. The molecule has 2 atom stereocenters. The molecular formula is C12H26N2O. The van der Waals surface area contributed by atoms with Crippen molar-refractivity contribution in [1.29, 1.82) is 0 Å². The fourth-order valence-corrected chi connectivity index (χ4v) is 1.61. The molecule has 0 spiro atoms. The van der Waals surface area contributed by atoms with Crippen molar-refractivity contribution < 1.29 is 4.79 Å². The van der Waals surface area contributed by atoms with Crippen LogP contribution in [0.25, 0.3) is 0 Å². The third kappa shape index (κ3) is 5.78. The highest BCUT2D eigenvalue weighted by atomic mass is 16.1. The van der Waals surface area contributed by atoms with Crippen LogP contribution in [-0.4, -0.2) is 18.5 Å². The van der Waals surface area contributed by atoms with Gasteiger partial charge in [-0.15, -0.1) is 0 Å². The number of nitrogens with two attached hydrogens (primary N) is 1. The van der Waals surface area contributed by atoms with E-state index in [9.17, 15) is 4.79 Å². The van der Waals surface area contributed by atoms with Gasteiger partial charge in [-0.1, -0.05) is 33.6 Å².